The molecule has 0 aliphatic carbocycles. The normalized spacial score (nSPS) is 15.0. The Bertz CT molecular complexity index is 3960. The van der Waals surface area contributed by atoms with Crippen molar-refractivity contribution in [3.05, 3.63) is 212 Å². The van der Waals surface area contributed by atoms with Crippen molar-refractivity contribution < 1.29 is 18.9 Å². The molecule has 10 aromatic carbocycles. The molecule has 0 N–H and O–H groups in total. The molecule has 7 aliphatic heterocycles. The number of hydrogen-bond donors (Lipinski definition) is 0. The monoisotopic (exact) mass is 938 g/mol. The van der Waals surface area contributed by atoms with Crippen molar-refractivity contribution in [3.63, 3.8) is 0 Å². The van der Waals surface area contributed by atoms with Gasteiger partial charge >= 0.3 is 0 Å². The lowest BCUT2D eigenvalue weighted by Gasteiger charge is -2.48. The molecule has 17 rings (SSSR count). The Morgan fingerprint density at radius 1 is 0.315 bits per heavy atom. The topological polar surface area (TPSA) is 49.9 Å². The summed E-state index contributed by atoms with van der Waals surface area (Å²) in [5, 5.41) is 0. The van der Waals surface area contributed by atoms with E-state index in [4.69, 9.17) is 18.9 Å². The van der Waals surface area contributed by atoms with Gasteiger partial charge in [0.05, 0.1) is 34.1 Å². The third-order valence-corrected chi connectivity index (χ3v) is 16.0. The van der Waals surface area contributed by atoms with Gasteiger partial charge in [0, 0.05) is 47.1 Å². The van der Waals surface area contributed by atoms with Crippen LogP contribution in [0.15, 0.2) is 206 Å². The largest absolute Gasteiger partial charge is 0.458 e. The van der Waals surface area contributed by atoms with Gasteiger partial charge < -0.3 is 38.5 Å². The average molecular weight is 939 g/mol. The van der Waals surface area contributed by atoms with E-state index in [0.717, 1.165) is 116 Å². The molecule has 0 radical (unpaired) electrons. The highest BCUT2D eigenvalue weighted by molar-refractivity contribution is 7.02. The minimum Gasteiger partial charge on any atom is -0.458 e. The molecule has 10 aromatic rings. The molecular formula is C63H40B2N4O4. The summed E-state index contributed by atoms with van der Waals surface area (Å²) in [6.07, 6.45) is 1.89. The first-order valence-corrected chi connectivity index (χ1v) is 25.3. The van der Waals surface area contributed by atoms with Crippen LogP contribution in [0.4, 0.5) is 62.6 Å². The van der Waals surface area contributed by atoms with E-state index in [1.165, 1.54) is 49.9 Å². The lowest BCUT2D eigenvalue weighted by Crippen LogP contribution is -2.65. The van der Waals surface area contributed by atoms with Gasteiger partial charge in [0.2, 0.25) is 0 Å². The van der Waals surface area contributed by atoms with Crippen molar-refractivity contribution in [2.45, 2.75) is 12.8 Å². The second kappa shape index (κ2) is 14.7. The van der Waals surface area contributed by atoms with Crippen LogP contribution in [0.25, 0.3) is 0 Å². The first kappa shape index (κ1) is 39.5. The van der Waals surface area contributed by atoms with Crippen LogP contribution in [-0.2, 0) is 6.42 Å². The Kier molecular flexibility index (Phi) is 7.92. The average Bonchev–Trinajstić information content (AvgIpc) is 3.44. The van der Waals surface area contributed by atoms with Gasteiger partial charge in [-0.05, 0) is 136 Å². The summed E-state index contributed by atoms with van der Waals surface area (Å²) in [5.74, 6) is 6.73. The molecule has 73 heavy (non-hydrogen) atoms. The van der Waals surface area contributed by atoms with E-state index in [2.05, 4.69) is 202 Å². The molecule has 0 unspecified atom stereocenters. The molecule has 7 heterocycles. The maximum absolute atomic E-state index is 7.17. The summed E-state index contributed by atoms with van der Waals surface area (Å²) < 4.78 is 27.4. The zero-order valence-electron chi connectivity index (χ0n) is 39.3. The molecule has 0 bridgehead atoms. The SMILES string of the molecule is c1ccc(N2c3cc(N4c5ccccc5Oc5ccccc54)cc4c3B(c3ccccc3O4)c3cc4c5c(c32)CCCN5c2cc(N3c5ccccc5Oc5ccccc53)cc3c2B4c2ccccc2O3)cc1. The highest BCUT2D eigenvalue weighted by Crippen LogP contribution is 2.56. The molecule has 8 nitrogen and oxygen atoms in total. The lowest BCUT2D eigenvalue weighted by molar-refractivity contribution is 0.476. The third kappa shape index (κ3) is 5.41. The molecule has 0 fully saturated rings. The van der Waals surface area contributed by atoms with E-state index in [0.29, 0.717) is 0 Å². The predicted molar refractivity (Wildman–Crippen MR) is 295 cm³/mol. The summed E-state index contributed by atoms with van der Waals surface area (Å²) >= 11 is 0. The molecule has 342 valence electrons. The number of rotatable bonds is 3. The van der Waals surface area contributed by atoms with E-state index in [-0.39, 0.29) is 13.4 Å². The predicted octanol–water partition coefficient (Wildman–Crippen LogP) is 12.3. The minimum atomic E-state index is -0.111. The van der Waals surface area contributed by atoms with Crippen LogP contribution < -0.4 is 71.3 Å². The second-order valence-electron chi connectivity index (χ2n) is 19.8. The van der Waals surface area contributed by atoms with Gasteiger partial charge in [0.1, 0.15) is 23.0 Å². The van der Waals surface area contributed by atoms with E-state index in [1.54, 1.807) is 0 Å². The summed E-state index contributed by atoms with van der Waals surface area (Å²) in [6, 6.07) is 73.5. The van der Waals surface area contributed by atoms with Gasteiger partial charge in [0.25, 0.3) is 13.4 Å². The molecule has 0 saturated heterocycles. The van der Waals surface area contributed by atoms with Gasteiger partial charge in [-0.1, -0.05) is 109 Å². The molecule has 0 spiro atoms. The van der Waals surface area contributed by atoms with Gasteiger partial charge in [0.15, 0.2) is 23.0 Å². The van der Waals surface area contributed by atoms with Gasteiger partial charge in [-0.25, -0.2) is 0 Å². The highest BCUT2D eigenvalue weighted by Gasteiger charge is 2.50. The van der Waals surface area contributed by atoms with E-state index >= 15 is 0 Å². The quantitative estimate of drug-likeness (QED) is 0.162. The van der Waals surface area contributed by atoms with Crippen LogP contribution in [0.3, 0.4) is 0 Å². The van der Waals surface area contributed by atoms with Gasteiger partial charge in [-0.3, -0.25) is 0 Å². The zero-order chi connectivity index (χ0) is 47.5. The van der Waals surface area contributed by atoms with Crippen LogP contribution in [0.5, 0.6) is 46.0 Å². The van der Waals surface area contributed by atoms with Crippen molar-refractivity contribution in [3.8, 4) is 46.0 Å². The fourth-order valence-electron chi connectivity index (χ4n) is 13.2. The molecular weight excluding hydrogens is 898 g/mol. The maximum atomic E-state index is 7.17. The van der Waals surface area contributed by atoms with E-state index in [9.17, 15) is 0 Å². The summed E-state index contributed by atoms with van der Waals surface area (Å²) in [4.78, 5) is 9.86. The second-order valence-corrected chi connectivity index (χ2v) is 19.8. The zero-order valence-corrected chi connectivity index (χ0v) is 39.3. The van der Waals surface area contributed by atoms with Crippen LogP contribution in [-0.4, -0.2) is 20.0 Å². The van der Waals surface area contributed by atoms with Crippen molar-refractivity contribution in [1.29, 1.82) is 0 Å². The smallest absolute Gasteiger partial charge is 0.256 e. The van der Waals surface area contributed by atoms with Crippen LogP contribution >= 0.6 is 0 Å². The van der Waals surface area contributed by atoms with E-state index < -0.39 is 0 Å². The molecule has 0 aromatic heterocycles. The maximum Gasteiger partial charge on any atom is 0.256 e. The van der Waals surface area contributed by atoms with Crippen molar-refractivity contribution in [2.75, 3.05) is 26.1 Å². The molecule has 0 atom stereocenters. The Morgan fingerprint density at radius 3 is 1.27 bits per heavy atom. The molecule has 0 amide bonds. The number of benzene rings is 10. The fourth-order valence-corrected chi connectivity index (χ4v) is 13.2. The Balaban J connectivity index is 0.944. The Morgan fingerprint density at radius 2 is 0.740 bits per heavy atom. The van der Waals surface area contributed by atoms with Crippen molar-refractivity contribution in [1.82, 2.24) is 0 Å². The van der Waals surface area contributed by atoms with Gasteiger partial charge in [-0.15, -0.1) is 0 Å². The lowest BCUT2D eigenvalue weighted by atomic mass is 9.30. The molecule has 10 heteroatoms. The summed E-state index contributed by atoms with van der Waals surface area (Å²) in [6.45, 7) is 0.678. The van der Waals surface area contributed by atoms with Crippen LogP contribution in [0.2, 0.25) is 0 Å². The molecule has 7 aliphatic rings. The molecule has 0 saturated carbocycles. The van der Waals surface area contributed by atoms with Crippen LogP contribution in [0, 0.1) is 0 Å². The first-order chi connectivity index (χ1) is 36.2. The number of anilines is 11. The minimum absolute atomic E-state index is 0.0772. The number of hydrogen-bond acceptors (Lipinski definition) is 8. The Labute approximate surface area is 422 Å². The first-order valence-electron chi connectivity index (χ1n) is 25.3. The number of nitrogens with zero attached hydrogens (tertiary/aromatic N) is 4. The van der Waals surface area contributed by atoms with Crippen molar-refractivity contribution >= 4 is 109 Å². The van der Waals surface area contributed by atoms with Crippen LogP contribution in [0.1, 0.15) is 12.0 Å². The Hall–Kier alpha value is -9.27. The third-order valence-electron chi connectivity index (χ3n) is 16.0. The van der Waals surface area contributed by atoms with Gasteiger partial charge in [-0.2, -0.15) is 0 Å². The highest BCUT2D eigenvalue weighted by atomic mass is 16.5. The number of ether oxygens (including phenoxy) is 4. The number of fused-ring (bicyclic) bond motifs is 13. The summed E-state index contributed by atoms with van der Waals surface area (Å²) in [7, 11) is 0. The standard InChI is InChI=1S/C63H40B2N4O4/c1-2-17-38(18-3-1)69-51-34-40(68-48-24-8-14-30-56(48)73-57-31-15-9-25-49(57)68)36-59-61(51)65(43-21-5-11-27-53(43)71-59)45-37-44-62-41(63(45)69)19-16-32-66(62)50-33-39(35-58-60(50)64(44)42-20-4-10-26-52(42)70-58)67-46-22-6-12-28-54(46)72-55-29-13-7-23-47(55)67/h1-15,17-18,20-31,33-37H,16,19,32H2. The summed E-state index contributed by atoms with van der Waals surface area (Å²) in [5.41, 5.74) is 20.5. The fraction of sp³-hybridized carbons (Fsp3) is 0.0476. The van der Waals surface area contributed by atoms with Crippen molar-refractivity contribution in [2.24, 2.45) is 0 Å². The number of para-hydroxylation sites is 11. The van der Waals surface area contributed by atoms with E-state index in [1.807, 2.05) is 24.3 Å².